The van der Waals surface area contributed by atoms with E-state index < -0.39 is 11.7 Å². The van der Waals surface area contributed by atoms with Crippen LogP contribution in [-0.2, 0) is 11.3 Å². The lowest BCUT2D eigenvalue weighted by Crippen LogP contribution is -2.21. The maximum absolute atomic E-state index is 13.6. The van der Waals surface area contributed by atoms with Crippen molar-refractivity contribution in [2.45, 2.75) is 13.5 Å². The van der Waals surface area contributed by atoms with E-state index in [0.717, 1.165) is 11.3 Å². The first-order valence-corrected chi connectivity index (χ1v) is 9.47. The summed E-state index contributed by atoms with van der Waals surface area (Å²) >= 11 is 0. The third-order valence-corrected chi connectivity index (χ3v) is 4.16. The molecule has 1 amide bonds. The number of amides is 1. The maximum atomic E-state index is 13.6. The molecule has 0 radical (unpaired) electrons. The number of carbonyl (C=O) groups is 1. The Morgan fingerprint density at radius 1 is 0.933 bits per heavy atom. The smallest absolute Gasteiger partial charge is 0.262 e. The first-order chi connectivity index (χ1) is 14.5. The van der Waals surface area contributed by atoms with Crippen LogP contribution in [0.5, 0.6) is 11.5 Å². The predicted molar refractivity (Wildman–Crippen MR) is 112 cm³/mol. The molecule has 5 nitrogen and oxygen atoms in total. The highest BCUT2D eigenvalue weighted by Crippen LogP contribution is 2.29. The van der Waals surface area contributed by atoms with E-state index in [9.17, 15) is 13.6 Å². The van der Waals surface area contributed by atoms with Crippen molar-refractivity contribution >= 4 is 17.3 Å². The van der Waals surface area contributed by atoms with Gasteiger partial charge in [-0.2, -0.15) is 0 Å². The van der Waals surface area contributed by atoms with Gasteiger partial charge in [0.2, 0.25) is 0 Å². The molecular weight excluding hydrogens is 390 g/mol. The highest BCUT2D eigenvalue weighted by molar-refractivity contribution is 5.92. The van der Waals surface area contributed by atoms with Gasteiger partial charge in [-0.1, -0.05) is 18.2 Å². The zero-order valence-electron chi connectivity index (χ0n) is 16.5. The van der Waals surface area contributed by atoms with Gasteiger partial charge in [-0.25, -0.2) is 8.78 Å². The topological polar surface area (TPSA) is 59.6 Å². The fourth-order valence-electron chi connectivity index (χ4n) is 2.71. The van der Waals surface area contributed by atoms with Gasteiger partial charge in [0, 0.05) is 12.2 Å². The molecule has 0 aliphatic carbocycles. The molecule has 0 saturated carbocycles. The summed E-state index contributed by atoms with van der Waals surface area (Å²) in [5.74, 6) is -0.385. The Morgan fingerprint density at radius 2 is 1.70 bits per heavy atom. The van der Waals surface area contributed by atoms with E-state index in [1.165, 1.54) is 24.3 Å². The van der Waals surface area contributed by atoms with Crippen LogP contribution in [-0.4, -0.2) is 19.1 Å². The number of para-hydroxylation sites is 1. The number of ether oxygens (including phenoxy) is 2. The van der Waals surface area contributed by atoms with Gasteiger partial charge in [0.1, 0.15) is 11.6 Å². The molecule has 0 heterocycles. The number of halogens is 2. The first-order valence-electron chi connectivity index (χ1n) is 9.47. The van der Waals surface area contributed by atoms with Gasteiger partial charge in [0.25, 0.3) is 5.91 Å². The molecule has 0 aromatic heterocycles. The molecule has 0 aliphatic rings. The molecule has 3 rings (SSSR count). The van der Waals surface area contributed by atoms with E-state index in [1.807, 2.05) is 19.1 Å². The normalized spacial score (nSPS) is 10.4. The van der Waals surface area contributed by atoms with Crippen molar-refractivity contribution in [3.05, 3.63) is 83.9 Å². The van der Waals surface area contributed by atoms with Crippen LogP contribution in [0.2, 0.25) is 0 Å². The van der Waals surface area contributed by atoms with Crippen LogP contribution in [0, 0.1) is 11.6 Å². The van der Waals surface area contributed by atoms with E-state index in [2.05, 4.69) is 10.6 Å². The molecule has 0 atom stereocenters. The molecule has 0 spiro atoms. The van der Waals surface area contributed by atoms with Gasteiger partial charge in [-0.15, -0.1) is 0 Å². The molecule has 2 N–H and O–H groups in total. The number of rotatable bonds is 9. The molecule has 0 bridgehead atoms. The summed E-state index contributed by atoms with van der Waals surface area (Å²) in [5, 5.41) is 5.67. The minimum absolute atomic E-state index is 0.0957. The average molecular weight is 412 g/mol. The molecule has 30 heavy (non-hydrogen) atoms. The summed E-state index contributed by atoms with van der Waals surface area (Å²) in [6.45, 7) is 2.48. The third kappa shape index (κ3) is 5.94. The van der Waals surface area contributed by atoms with Crippen LogP contribution < -0.4 is 20.1 Å². The Balaban J connectivity index is 1.60. The number of benzene rings is 3. The average Bonchev–Trinajstić information content (AvgIpc) is 2.74. The maximum Gasteiger partial charge on any atom is 0.262 e. The van der Waals surface area contributed by atoms with E-state index in [-0.39, 0.29) is 18.1 Å². The Morgan fingerprint density at radius 3 is 2.43 bits per heavy atom. The minimum atomic E-state index is -0.515. The zero-order chi connectivity index (χ0) is 21.3. The van der Waals surface area contributed by atoms with Gasteiger partial charge in [-0.3, -0.25) is 4.79 Å². The second kappa shape index (κ2) is 10.2. The fourth-order valence-corrected chi connectivity index (χ4v) is 2.71. The molecule has 156 valence electrons. The number of anilines is 2. The van der Waals surface area contributed by atoms with E-state index in [0.29, 0.717) is 24.7 Å². The molecule has 0 fully saturated rings. The Kier molecular flexibility index (Phi) is 7.21. The largest absolute Gasteiger partial charge is 0.490 e. The molecule has 3 aromatic carbocycles. The molecular formula is C23H22F2N2O3. The SMILES string of the molecule is CCOc1cc(CNc2ccc(F)cc2)ccc1OCC(=O)Nc1ccccc1F. The lowest BCUT2D eigenvalue weighted by Gasteiger charge is -2.14. The number of hydrogen-bond acceptors (Lipinski definition) is 4. The van der Waals surface area contributed by atoms with Crippen molar-refractivity contribution in [1.29, 1.82) is 0 Å². The van der Waals surface area contributed by atoms with Crippen LogP contribution in [0.15, 0.2) is 66.7 Å². The Hall–Kier alpha value is -3.61. The van der Waals surface area contributed by atoms with E-state index >= 15 is 0 Å². The van der Waals surface area contributed by atoms with Crippen LogP contribution in [0.25, 0.3) is 0 Å². The Labute approximate surface area is 173 Å². The minimum Gasteiger partial charge on any atom is -0.490 e. The standard InChI is InChI=1S/C23H22F2N2O3/c1-2-29-22-13-16(14-26-18-10-8-17(24)9-11-18)7-12-21(22)30-15-23(28)27-20-6-4-3-5-19(20)25/h3-13,26H,2,14-15H2,1H3,(H,27,28). The summed E-state index contributed by atoms with van der Waals surface area (Å²) in [7, 11) is 0. The molecule has 0 aliphatic heterocycles. The number of nitrogens with one attached hydrogen (secondary N) is 2. The summed E-state index contributed by atoms with van der Waals surface area (Å²) in [6, 6.07) is 17.4. The van der Waals surface area contributed by atoms with Crippen LogP contribution >= 0.6 is 0 Å². The van der Waals surface area contributed by atoms with Crippen molar-refractivity contribution < 1.29 is 23.0 Å². The molecule has 3 aromatic rings. The summed E-state index contributed by atoms with van der Waals surface area (Å²) in [4.78, 5) is 12.1. The van der Waals surface area contributed by atoms with Gasteiger partial charge < -0.3 is 20.1 Å². The third-order valence-electron chi connectivity index (χ3n) is 4.16. The summed E-state index contributed by atoms with van der Waals surface area (Å²) in [5.41, 5.74) is 1.81. The van der Waals surface area contributed by atoms with E-state index in [1.54, 1.807) is 30.3 Å². The quantitative estimate of drug-likeness (QED) is 0.520. The van der Waals surface area contributed by atoms with Crippen molar-refractivity contribution in [3.63, 3.8) is 0 Å². The van der Waals surface area contributed by atoms with Crippen LogP contribution in [0.1, 0.15) is 12.5 Å². The summed E-state index contributed by atoms with van der Waals surface area (Å²) in [6.07, 6.45) is 0. The second-order valence-corrected chi connectivity index (χ2v) is 6.39. The van der Waals surface area contributed by atoms with Crippen LogP contribution in [0.3, 0.4) is 0 Å². The number of hydrogen-bond donors (Lipinski definition) is 2. The predicted octanol–water partition coefficient (Wildman–Crippen LogP) is 4.99. The van der Waals surface area contributed by atoms with Crippen molar-refractivity contribution in [2.24, 2.45) is 0 Å². The zero-order valence-corrected chi connectivity index (χ0v) is 16.5. The van der Waals surface area contributed by atoms with Crippen molar-refractivity contribution in [2.75, 3.05) is 23.8 Å². The fraction of sp³-hybridized carbons (Fsp3) is 0.174. The van der Waals surface area contributed by atoms with Crippen molar-refractivity contribution in [1.82, 2.24) is 0 Å². The highest BCUT2D eigenvalue weighted by atomic mass is 19.1. The first kappa shape index (κ1) is 21.1. The van der Waals surface area contributed by atoms with E-state index in [4.69, 9.17) is 9.47 Å². The Bertz CT molecular complexity index is 994. The highest BCUT2D eigenvalue weighted by Gasteiger charge is 2.11. The van der Waals surface area contributed by atoms with Crippen molar-refractivity contribution in [3.8, 4) is 11.5 Å². The van der Waals surface area contributed by atoms with Crippen LogP contribution in [0.4, 0.5) is 20.2 Å². The molecule has 0 saturated heterocycles. The number of carbonyl (C=O) groups excluding carboxylic acids is 1. The summed E-state index contributed by atoms with van der Waals surface area (Å²) < 4.78 is 37.8. The van der Waals surface area contributed by atoms with Gasteiger partial charge in [0.05, 0.1) is 12.3 Å². The lowest BCUT2D eigenvalue weighted by atomic mass is 10.2. The van der Waals surface area contributed by atoms with Gasteiger partial charge in [0.15, 0.2) is 18.1 Å². The second-order valence-electron chi connectivity index (χ2n) is 6.39. The monoisotopic (exact) mass is 412 g/mol. The van der Waals surface area contributed by atoms with Gasteiger partial charge >= 0.3 is 0 Å². The molecule has 0 unspecified atom stereocenters. The molecule has 7 heteroatoms. The van der Waals surface area contributed by atoms with Gasteiger partial charge in [-0.05, 0) is 61.0 Å². The lowest BCUT2D eigenvalue weighted by molar-refractivity contribution is -0.118.